The number of aromatic nitrogens is 4. The molecular formula is C21H24F2N6O2S. The first kappa shape index (κ1) is 22.3. The lowest BCUT2D eigenvalue weighted by Gasteiger charge is -2.35. The number of sulfonamides is 1. The van der Waals surface area contributed by atoms with Gasteiger partial charge in [-0.25, -0.2) is 32.2 Å². The van der Waals surface area contributed by atoms with Crippen LogP contribution in [-0.2, 0) is 15.8 Å². The Kier molecular flexibility index (Phi) is 5.95. The first-order chi connectivity index (χ1) is 15.1. The van der Waals surface area contributed by atoms with E-state index in [0.717, 1.165) is 29.6 Å². The Morgan fingerprint density at radius 2 is 1.66 bits per heavy atom. The van der Waals surface area contributed by atoms with E-state index >= 15 is 0 Å². The second-order valence-electron chi connectivity index (χ2n) is 7.79. The second kappa shape index (κ2) is 8.55. The van der Waals surface area contributed by atoms with Crippen LogP contribution >= 0.6 is 0 Å². The van der Waals surface area contributed by atoms with Gasteiger partial charge in [0, 0.05) is 43.5 Å². The fourth-order valence-corrected chi connectivity index (χ4v) is 5.21. The molecular weight excluding hydrogens is 438 g/mol. The molecule has 0 N–H and O–H groups in total. The van der Waals surface area contributed by atoms with Crippen LogP contribution in [0, 0.1) is 32.4 Å². The van der Waals surface area contributed by atoms with Crippen LogP contribution in [0.4, 0.5) is 14.6 Å². The van der Waals surface area contributed by atoms with Gasteiger partial charge in [0.25, 0.3) is 0 Å². The molecule has 2 aromatic heterocycles. The maximum atomic E-state index is 13.9. The van der Waals surface area contributed by atoms with E-state index in [4.69, 9.17) is 0 Å². The zero-order valence-electron chi connectivity index (χ0n) is 18.1. The minimum absolute atomic E-state index is 0.172. The van der Waals surface area contributed by atoms with E-state index in [-0.39, 0.29) is 18.7 Å². The number of piperazine rings is 1. The Labute approximate surface area is 185 Å². The predicted molar refractivity (Wildman–Crippen MR) is 116 cm³/mol. The lowest BCUT2D eigenvalue weighted by atomic mass is 10.2. The summed E-state index contributed by atoms with van der Waals surface area (Å²) in [5, 5.41) is 0. The smallest absolute Gasteiger partial charge is 0.218 e. The SMILES string of the molecule is Cc1nc(N2CCN(S(=O)(=O)Cc3cc(F)ccc3F)CC2)cc(-n2cnc(C)c2C)n1. The molecule has 8 nitrogen and oxygen atoms in total. The Balaban J connectivity index is 1.49. The van der Waals surface area contributed by atoms with Gasteiger partial charge in [-0.2, -0.15) is 4.31 Å². The van der Waals surface area contributed by atoms with Gasteiger partial charge >= 0.3 is 0 Å². The second-order valence-corrected chi connectivity index (χ2v) is 9.76. The van der Waals surface area contributed by atoms with Crippen molar-refractivity contribution in [3.05, 3.63) is 65.0 Å². The predicted octanol–water partition coefficient (Wildman–Crippen LogP) is 2.52. The summed E-state index contributed by atoms with van der Waals surface area (Å²) in [5.74, 6) is 0.0167. The van der Waals surface area contributed by atoms with Crippen molar-refractivity contribution in [2.24, 2.45) is 0 Å². The summed E-state index contributed by atoms with van der Waals surface area (Å²) in [4.78, 5) is 15.3. The number of benzene rings is 1. The van der Waals surface area contributed by atoms with Crippen molar-refractivity contribution < 1.29 is 17.2 Å². The van der Waals surface area contributed by atoms with Crippen LogP contribution in [0.1, 0.15) is 22.8 Å². The summed E-state index contributed by atoms with van der Waals surface area (Å²) in [6.45, 7) is 6.98. The molecule has 170 valence electrons. The zero-order valence-corrected chi connectivity index (χ0v) is 18.9. The van der Waals surface area contributed by atoms with Crippen molar-refractivity contribution >= 4 is 15.8 Å². The number of halogens is 2. The molecule has 4 rings (SSSR count). The van der Waals surface area contributed by atoms with Crippen LogP contribution in [-0.4, -0.2) is 58.4 Å². The molecule has 3 aromatic rings. The number of aryl methyl sites for hydroxylation is 2. The highest BCUT2D eigenvalue weighted by molar-refractivity contribution is 7.88. The average Bonchev–Trinajstić information content (AvgIpc) is 3.09. The van der Waals surface area contributed by atoms with Gasteiger partial charge in [-0.3, -0.25) is 4.57 Å². The summed E-state index contributed by atoms with van der Waals surface area (Å²) in [6, 6.07) is 4.69. The van der Waals surface area contributed by atoms with Gasteiger partial charge in [0.1, 0.15) is 35.4 Å². The van der Waals surface area contributed by atoms with Crippen LogP contribution < -0.4 is 4.90 Å². The summed E-state index contributed by atoms with van der Waals surface area (Å²) < 4.78 is 56.1. The molecule has 0 unspecified atom stereocenters. The van der Waals surface area contributed by atoms with Gasteiger partial charge in [-0.1, -0.05) is 0 Å². The minimum Gasteiger partial charge on any atom is -0.354 e. The average molecular weight is 463 g/mol. The molecule has 32 heavy (non-hydrogen) atoms. The number of hydrogen-bond acceptors (Lipinski definition) is 6. The van der Waals surface area contributed by atoms with Crippen molar-refractivity contribution in [3.63, 3.8) is 0 Å². The maximum Gasteiger partial charge on any atom is 0.218 e. The van der Waals surface area contributed by atoms with Crippen molar-refractivity contribution in [3.8, 4) is 5.82 Å². The van der Waals surface area contributed by atoms with E-state index in [1.54, 1.807) is 13.3 Å². The highest BCUT2D eigenvalue weighted by Crippen LogP contribution is 2.22. The molecule has 1 fully saturated rings. The van der Waals surface area contributed by atoms with Crippen LogP contribution in [0.2, 0.25) is 0 Å². The fraction of sp³-hybridized carbons (Fsp3) is 0.381. The van der Waals surface area contributed by atoms with Crippen molar-refractivity contribution in [2.75, 3.05) is 31.1 Å². The molecule has 3 heterocycles. The molecule has 1 aliphatic rings. The van der Waals surface area contributed by atoms with Crippen molar-refractivity contribution in [1.29, 1.82) is 0 Å². The summed E-state index contributed by atoms with van der Waals surface area (Å²) in [5.41, 5.74) is 1.72. The molecule has 0 atom stereocenters. The number of anilines is 1. The van der Waals surface area contributed by atoms with Gasteiger partial charge < -0.3 is 4.90 Å². The van der Waals surface area contributed by atoms with E-state index in [9.17, 15) is 17.2 Å². The highest BCUT2D eigenvalue weighted by Gasteiger charge is 2.29. The minimum atomic E-state index is -3.79. The third-order valence-electron chi connectivity index (χ3n) is 5.61. The molecule has 0 saturated carbocycles. The molecule has 1 saturated heterocycles. The Bertz CT molecular complexity index is 1250. The lowest BCUT2D eigenvalue weighted by Crippen LogP contribution is -2.49. The summed E-state index contributed by atoms with van der Waals surface area (Å²) in [7, 11) is -3.79. The lowest BCUT2D eigenvalue weighted by molar-refractivity contribution is 0.382. The first-order valence-corrected chi connectivity index (χ1v) is 11.8. The molecule has 1 aliphatic heterocycles. The van der Waals surface area contributed by atoms with Gasteiger partial charge in [-0.15, -0.1) is 0 Å². The van der Waals surface area contributed by atoms with E-state index in [1.807, 2.05) is 29.4 Å². The Morgan fingerprint density at radius 3 is 2.31 bits per heavy atom. The van der Waals surface area contributed by atoms with Crippen LogP contribution in [0.5, 0.6) is 0 Å². The van der Waals surface area contributed by atoms with Gasteiger partial charge in [-0.05, 0) is 39.0 Å². The van der Waals surface area contributed by atoms with Gasteiger partial charge in [0.15, 0.2) is 0 Å². The number of rotatable bonds is 5. The zero-order chi connectivity index (χ0) is 23.0. The Hall–Kier alpha value is -2.92. The van der Waals surface area contributed by atoms with E-state index in [1.165, 1.54) is 4.31 Å². The first-order valence-electron chi connectivity index (χ1n) is 10.2. The van der Waals surface area contributed by atoms with E-state index in [0.29, 0.717) is 30.5 Å². The topological polar surface area (TPSA) is 84.2 Å². The fourth-order valence-electron chi connectivity index (χ4n) is 3.69. The standard InChI is InChI=1S/C21H24F2N6O2S/c1-14-15(2)29(13-24-14)21-11-20(25-16(3)26-21)27-6-8-28(9-7-27)32(30,31)12-17-10-18(22)4-5-19(17)23/h4-5,10-11,13H,6-9,12H2,1-3H3. The van der Waals surface area contributed by atoms with Crippen LogP contribution in [0.25, 0.3) is 5.82 Å². The molecule has 0 spiro atoms. The summed E-state index contributed by atoms with van der Waals surface area (Å²) in [6.07, 6.45) is 1.71. The van der Waals surface area contributed by atoms with Crippen molar-refractivity contribution in [2.45, 2.75) is 26.5 Å². The van der Waals surface area contributed by atoms with Crippen LogP contribution in [0.15, 0.2) is 30.6 Å². The Morgan fingerprint density at radius 1 is 0.969 bits per heavy atom. The number of hydrogen-bond donors (Lipinski definition) is 0. The molecule has 11 heteroatoms. The summed E-state index contributed by atoms with van der Waals surface area (Å²) >= 11 is 0. The van der Waals surface area contributed by atoms with Crippen molar-refractivity contribution in [1.82, 2.24) is 23.8 Å². The normalized spacial score (nSPS) is 15.3. The number of nitrogens with zero attached hydrogens (tertiary/aromatic N) is 6. The maximum absolute atomic E-state index is 13.9. The monoisotopic (exact) mass is 462 g/mol. The van der Waals surface area contributed by atoms with Crippen LogP contribution in [0.3, 0.4) is 0 Å². The molecule has 0 bridgehead atoms. The number of imidazole rings is 1. The third-order valence-corrected chi connectivity index (χ3v) is 7.44. The highest BCUT2D eigenvalue weighted by atomic mass is 32.2. The molecule has 0 aliphatic carbocycles. The molecule has 1 aromatic carbocycles. The van der Waals surface area contributed by atoms with Gasteiger partial charge in [0.2, 0.25) is 10.0 Å². The molecule has 0 radical (unpaired) electrons. The third kappa shape index (κ3) is 4.49. The molecule has 0 amide bonds. The largest absolute Gasteiger partial charge is 0.354 e. The quantitative estimate of drug-likeness (QED) is 0.579. The van der Waals surface area contributed by atoms with E-state index < -0.39 is 27.4 Å². The van der Waals surface area contributed by atoms with Gasteiger partial charge in [0.05, 0.1) is 11.4 Å². The van der Waals surface area contributed by atoms with E-state index in [2.05, 4.69) is 15.0 Å².